The van der Waals surface area contributed by atoms with Gasteiger partial charge in [0.2, 0.25) is 0 Å². The summed E-state index contributed by atoms with van der Waals surface area (Å²) in [6, 6.07) is 16.2. The summed E-state index contributed by atoms with van der Waals surface area (Å²) < 4.78 is 1.98. The molecular formula is C30H32N4O2S. The SMILES string of the molecule is Cc1cccc(-c2sc(C3CC3)nc2C(=O)N2CCCC[C@H]2CNC(=O)c2cn(C)c3ccccc23)c1. The molecule has 1 aliphatic carbocycles. The van der Waals surface area contributed by atoms with Crippen LogP contribution in [0, 0.1) is 6.92 Å². The van der Waals surface area contributed by atoms with Crippen LogP contribution in [0.2, 0.25) is 0 Å². The van der Waals surface area contributed by atoms with Crippen LogP contribution in [0.25, 0.3) is 21.3 Å². The van der Waals surface area contributed by atoms with Crippen LogP contribution in [-0.2, 0) is 7.05 Å². The monoisotopic (exact) mass is 512 g/mol. The Bertz CT molecular complexity index is 1480. The van der Waals surface area contributed by atoms with Gasteiger partial charge >= 0.3 is 0 Å². The minimum absolute atomic E-state index is 0.0104. The Morgan fingerprint density at radius 3 is 2.73 bits per heavy atom. The zero-order chi connectivity index (χ0) is 25.5. The average Bonchev–Trinajstić information content (AvgIpc) is 3.58. The number of para-hydroxylation sites is 1. The van der Waals surface area contributed by atoms with Crippen LogP contribution in [-0.4, -0.2) is 45.4 Å². The maximum absolute atomic E-state index is 14.0. The number of thiazole rings is 1. The predicted octanol–water partition coefficient (Wildman–Crippen LogP) is 5.91. The maximum atomic E-state index is 14.0. The van der Waals surface area contributed by atoms with Crippen molar-refractivity contribution >= 4 is 34.1 Å². The number of nitrogens with zero attached hydrogens (tertiary/aromatic N) is 3. The molecule has 2 amide bonds. The third-order valence-corrected chi connectivity index (χ3v) is 8.85. The van der Waals surface area contributed by atoms with Gasteiger partial charge in [0.15, 0.2) is 0 Å². The van der Waals surface area contributed by atoms with Crippen molar-refractivity contribution in [3.05, 3.63) is 76.6 Å². The zero-order valence-corrected chi connectivity index (χ0v) is 22.2. The van der Waals surface area contributed by atoms with Gasteiger partial charge in [-0.05, 0) is 50.7 Å². The summed E-state index contributed by atoms with van der Waals surface area (Å²) in [7, 11) is 1.95. The molecule has 1 N–H and O–H groups in total. The molecule has 2 fully saturated rings. The Morgan fingerprint density at radius 1 is 1.08 bits per heavy atom. The second kappa shape index (κ2) is 9.78. The van der Waals surface area contributed by atoms with E-state index in [1.807, 2.05) is 53.0 Å². The van der Waals surface area contributed by atoms with E-state index < -0.39 is 0 Å². The average molecular weight is 513 g/mol. The lowest BCUT2D eigenvalue weighted by Gasteiger charge is -2.35. The summed E-state index contributed by atoms with van der Waals surface area (Å²) in [5.41, 5.74) is 4.50. The van der Waals surface area contributed by atoms with Crippen molar-refractivity contribution in [1.82, 2.24) is 19.8 Å². The number of nitrogens with one attached hydrogen (secondary N) is 1. The van der Waals surface area contributed by atoms with E-state index in [9.17, 15) is 9.59 Å². The molecule has 3 heterocycles. The fourth-order valence-corrected chi connectivity index (χ4v) is 6.64. The predicted molar refractivity (Wildman–Crippen MR) is 148 cm³/mol. The first-order valence-corrected chi connectivity index (χ1v) is 14.0. The second-order valence-electron chi connectivity index (χ2n) is 10.4. The van der Waals surface area contributed by atoms with E-state index in [2.05, 4.69) is 30.4 Å². The molecule has 0 radical (unpaired) electrons. The zero-order valence-electron chi connectivity index (χ0n) is 21.4. The number of piperidine rings is 1. The topological polar surface area (TPSA) is 67.2 Å². The van der Waals surface area contributed by atoms with Crippen molar-refractivity contribution < 1.29 is 9.59 Å². The van der Waals surface area contributed by atoms with Crippen molar-refractivity contribution in [2.75, 3.05) is 13.1 Å². The Morgan fingerprint density at radius 2 is 1.92 bits per heavy atom. The third-order valence-electron chi connectivity index (χ3n) is 7.58. The number of benzene rings is 2. The minimum Gasteiger partial charge on any atom is -0.350 e. The van der Waals surface area contributed by atoms with Gasteiger partial charge < -0.3 is 14.8 Å². The second-order valence-corrected chi connectivity index (χ2v) is 11.4. The highest BCUT2D eigenvalue weighted by atomic mass is 32.1. The summed E-state index contributed by atoms with van der Waals surface area (Å²) >= 11 is 1.67. The highest BCUT2D eigenvalue weighted by Crippen LogP contribution is 2.45. The van der Waals surface area contributed by atoms with Crippen LogP contribution in [0.1, 0.15) is 69.4 Å². The van der Waals surface area contributed by atoms with Crippen molar-refractivity contribution in [3.63, 3.8) is 0 Å². The first kappa shape index (κ1) is 23.9. The van der Waals surface area contributed by atoms with Gasteiger partial charge in [-0.1, -0.05) is 48.0 Å². The number of rotatable bonds is 6. The van der Waals surface area contributed by atoms with E-state index in [-0.39, 0.29) is 17.9 Å². The number of hydrogen-bond acceptors (Lipinski definition) is 4. The normalized spacial score (nSPS) is 17.8. The molecule has 1 saturated heterocycles. The van der Waals surface area contributed by atoms with Gasteiger partial charge in [0.05, 0.1) is 15.4 Å². The van der Waals surface area contributed by atoms with Gasteiger partial charge in [-0.25, -0.2) is 4.98 Å². The number of aryl methyl sites for hydroxylation is 2. The standard InChI is InChI=1S/C30H32N4O2S/c1-19-8-7-9-21(16-19)27-26(32-29(37-27)20-13-14-20)30(36)34-15-6-5-10-22(34)17-31-28(35)24-18-33(2)25-12-4-3-11-23(24)25/h3-4,7-9,11-12,16,18,20,22H,5-6,10,13-15,17H2,1-2H3,(H,31,35)/t22-/m0/s1. The van der Waals surface area contributed by atoms with Crippen LogP contribution in [0.4, 0.5) is 0 Å². The molecule has 1 saturated carbocycles. The number of amides is 2. The summed E-state index contributed by atoms with van der Waals surface area (Å²) in [5.74, 6) is 0.385. The number of carbonyl (C=O) groups excluding carboxylic acids is 2. The van der Waals surface area contributed by atoms with Crippen LogP contribution >= 0.6 is 11.3 Å². The molecule has 1 atom stereocenters. The van der Waals surface area contributed by atoms with Gasteiger partial charge in [0.25, 0.3) is 11.8 Å². The Kier molecular flexibility index (Phi) is 6.32. The summed E-state index contributed by atoms with van der Waals surface area (Å²) in [6.07, 6.45) is 7.09. The summed E-state index contributed by atoms with van der Waals surface area (Å²) in [4.78, 5) is 35.0. The number of hydrogen-bond donors (Lipinski definition) is 1. The fraction of sp³-hybridized carbons (Fsp3) is 0.367. The van der Waals surface area contributed by atoms with E-state index in [1.54, 1.807) is 11.3 Å². The minimum atomic E-state index is -0.0973. The quantitative estimate of drug-likeness (QED) is 0.349. The van der Waals surface area contributed by atoms with E-state index >= 15 is 0 Å². The van der Waals surface area contributed by atoms with E-state index in [4.69, 9.17) is 4.98 Å². The van der Waals surface area contributed by atoms with Crippen molar-refractivity contribution in [3.8, 4) is 10.4 Å². The molecular weight excluding hydrogens is 480 g/mol. The first-order chi connectivity index (χ1) is 18.0. The number of fused-ring (bicyclic) bond motifs is 1. The van der Waals surface area contributed by atoms with Crippen LogP contribution in [0.3, 0.4) is 0 Å². The van der Waals surface area contributed by atoms with Crippen LogP contribution < -0.4 is 5.32 Å². The number of likely N-dealkylation sites (tertiary alicyclic amines) is 1. The molecule has 0 unspecified atom stereocenters. The lowest BCUT2D eigenvalue weighted by molar-refractivity contribution is 0.0598. The molecule has 1 aliphatic heterocycles. The van der Waals surface area contributed by atoms with Gasteiger partial charge in [0.1, 0.15) is 5.69 Å². The largest absolute Gasteiger partial charge is 0.350 e. The molecule has 2 aliphatic rings. The molecule has 190 valence electrons. The van der Waals surface area contributed by atoms with E-state index in [0.717, 1.165) is 58.5 Å². The van der Waals surface area contributed by atoms with Crippen molar-refractivity contribution in [1.29, 1.82) is 0 Å². The summed E-state index contributed by atoms with van der Waals surface area (Å²) in [5, 5.41) is 5.16. The molecule has 0 spiro atoms. The maximum Gasteiger partial charge on any atom is 0.274 e. The Labute approximate surface area is 221 Å². The smallest absolute Gasteiger partial charge is 0.274 e. The van der Waals surface area contributed by atoms with Crippen molar-refractivity contribution in [2.45, 2.75) is 51.0 Å². The molecule has 7 heteroatoms. The van der Waals surface area contributed by atoms with Crippen molar-refractivity contribution in [2.24, 2.45) is 7.05 Å². The highest BCUT2D eigenvalue weighted by Gasteiger charge is 2.34. The Balaban J connectivity index is 1.24. The van der Waals surface area contributed by atoms with E-state index in [0.29, 0.717) is 30.3 Å². The molecule has 2 aromatic heterocycles. The summed E-state index contributed by atoms with van der Waals surface area (Å²) in [6.45, 7) is 3.21. The first-order valence-electron chi connectivity index (χ1n) is 13.2. The lowest BCUT2D eigenvalue weighted by Crippen LogP contribution is -2.49. The third kappa shape index (κ3) is 4.68. The molecule has 0 bridgehead atoms. The molecule has 37 heavy (non-hydrogen) atoms. The highest BCUT2D eigenvalue weighted by molar-refractivity contribution is 7.15. The van der Waals surface area contributed by atoms with Gasteiger partial charge in [-0.15, -0.1) is 11.3 Å². The van der Waals surface area contributed by atoms with Gasteiger partial charge in [0, 0.05) is 49.2 Å². The van der Waals surface area contributed by atoms with Gasteiger partial charge in [-0.2, -0.15) is 0 Å². The van der Waals surface area contributed by atoms with Crippen LogP contribution in [0.5, 0.6) is 0 Å². The fourth-order valence-electron chi connectivity index (χ4n) is 5.41. The Hall–Kier alpha value is -3.45. The molecule has 4 aromatic rings. The van der Waals surface area contributed by atoms with E-state index in [1.165, 1.54) is 5.56 Å². The molecule has 2 aromatic carbocycles. The number of aromatic nitrogens is 2. The van der Waals surface area contributed by atoms with Gasteiger partial charge in [-0.3, -0.25) is 9.59 Å². The van der Waals surface area contributed by atoms with Crippen LogP contribution in [0.15, 0.2) is 54.7 Å². The molecule has 6 rings (SSSR count). The number of carbonyl (C=O) groups is 2. The lowest BCUT2D eigenvalue weighted by atomic mass is 10.0. The molecule has 6 nitrogen and oxygen atoms in total.